The zero-order chi connectivity index (χ0) is 13.4. The highest BCUT2D eigenvalue weighted by Gasteiger charge is 2.17. The first-order chi connectivity index (χ1) is 8.65. The number of ether oxygens (including phenoxy) is 1. The minimum absolute atomic E-state index is 0.0157. The molecule has 1 aromatic rings. The van der Waals surface area contributed by atoms with E-state index in [1.807, 2.05) is 18.2 Å². The highest BCUT2D eigenvalue weighted by Crippen LogP contribution is 2.10. The molecule has 0 aliphatic carbocycles. The monoisotopic (exact) mass is 314 g/mol. The highest BCUT2D eigenvalue weighted by atomic mass is 79.9. The number of carbonyl (C=O) groups excluding carboxylic acids is 1. The number of benzene rings is 1. The number of ketones is 1. The van der Waals surface area contributed by atoms with Gasteiger partial charge in [-0.15, -0.1) is 0 Å². The lowest BCUT2D eigenvalue weighted by Gasteiger charge is -2.19. The smallest absolute Gasteiger partial charge is 0.188 e. The van der Waals surface area contributed by atoms with Crippen LogP contribution in [0.2, 0.25) is 0 Å². The standard InChI is InChI=1S/C14H19BrO3/c1-11(16)14(8-5-9-15)18-10-13(17)12-6-3-2-4-7-12/h2-4,6-7,11,14,16H,5,8-10H2,1H3. The average Bonchev–Trinajstić information content (AvgIpc) is 2.39. The van der Waals surface area contributed by atoms with E-state index in [-0.39, 0.29) is 18.5 Å². The van der Waals surface area contributed by atoms with Gasteiger partial charge < -0.3 is 9.84 Å². The summed E-state index contributed by atoms with van der Waals surface area (Å²) in [6.45, 7) is 1.70. The number of Topliss-reactive ketones (excluding diaryl/α,β-unsaturated/α-hetero) is 1. The van der Waals surface area contributed by atoms with Crippen LogP contribution in [0.4, 0.5) is 0 Å². The van der Waals surface area contributed by atoms with E-state index in [0.717, 1.165) is 18.2 Å². The van der Waals surface area contributed by atoms with Crippen molar-refractivity contribution in [1.29, 1.82) is 0 Å². The fourth-order valence-corrected chi connectivity index (χ4v) is 1.96. The second-order valence-electron chi connectivity index (χ2n) is 4.21. The first-order valence-corrected chi connectivity index (χ1v) is 7.21. The summed E-state index contributed by atoms with van der Waals surface area (Å²) in [4.78, 5) is 11.8. The summed E-state index contributed by atoms with van der Waals surface area (Å²) < 4.78 is 5.50. The third-order valence-corrected chi connectivity index (χ3v) is 3.25. The minimum Gasteiger partial charge on any atom is -0.391 e. The second kappa shape index (κ2) is 8.40. The van der Waals surface area contributed by atoms with Crippen molar-refractivity contribution in [3.8, 4) is 0 Å². The van der Waals surface area contributed by atoms with Crippen molar-refractivity contribution in [3.63, 3.8) is 0 Å². The Hall–Kier alpha value is -0.710. The summed E-state index contributed by atoms with van der Waals surface area (Å²) in [5.41, 5.74) is 0.641. The largest absolute Gasteiger partial charge is 0.391 e. The van der Waals surface area contributed by atoms with Crippen LogP contribution in [-0.2, 0) is 4.74 Å². The summed E-state index contributed by atoms with van der Waals surface area (Å²) in [5, 5.41) is 10.4. The molecule has 0 aromatic heterocycles. The van der Waals surface area contributed by atoms with Crippen LogP contribution >= 0.6 is 15.9 Å². The normalized spacial score (nSPS) is 14.2. The molecule has 100 valence electrons. The molecule has 4 heteroatoms. The number of alkyl halides is 1. The Balaban J connectivity index is 2.44. The number of hydrogen-bond donors (Lipinski definition) is 1. The molecule has 2 atom stereocenters. The van der Waals surface area contributed by atoms with Crippen molar-refractivity contribution in [2.45, 2.75) is 32.0 Å². The molecule has 0 spiro atoms. The Morgan fingerprint density at radius 2 is 2.06 bits per heavy atom. The van der Waals surface area contributed by atoms with Gasteiger partial charge in [0.2, 0.25) is 0 Å². The Labute approximate surface area is 116 Å². The minimum atomic E-state index is -0.562. The van der Waals surface area contributed by atoms with E-state index in [4.69, 9.17) is 4.74 Å². The first-order valence-electron chi connectivity index (χ1n) is 6.09. The molecule has 1 aromatic carbocycles. The van der Waals surface area contributed by atoms with Crippen molar-refractivity contribution in [2.24, 2.45) is 0 Å². The summed E-state index contributed by atoms with van der Waals surface area (Å²) in [7, 11) is 0. The van der Waals surface area contributed by atoms with E-state index in [2.05, 4.69) is 15.9 Å². The van der Waals surface area contributed by atoms with Crippen LogP contribution in [0.1, 0.15) is 30.1 Å². The molecular weight excluding hydrogens is 296 g/mol. The topological polar surface area (TPSA) is 46.5 Å². The third-order valence-electron chi connectivity index (χ3n) is 2.68. The van der Waals surface area contributed by atoms with Crippen LogP contribution in [-0.4, -0.2) is 35.0 Å². The van der Waals surface area contributed by atoms with Crippen molar-refractivity contribution in [3.05, 3.63) is 35.9 Å². The van der Waals surface area contributed by atoms with E-state index in [0.29, 0.717) is 5.56 Å². The third kappa shape index (κ3) is 5.29. The molecule has 3 nitrogen and oxygen atoms in total. The molecule has 0 heterocycles. The molecule has 0 saturated carbocycles. The van der Waals surface area contributed by atoms with Gasteiger partial charge in [-0.05, 0) is 19.8 Å². The van der Waals surface area contributed by atoms with E-state index >= 15 is 0 Å². The van der Waals surface area contributed by atoms with Crippen molar-refractivity contribution < 1.29 is 14.6 Å². The maximum atomic E-state index is 11.8. The van der Waals surface area contributed by atoms with E-state index in [9.17, 15) is 9.90 Å². The molecule has 0 aliphatic heterocycles. The molecule has 0 bridgehead atoms. The van der Waals surface area contributed by atoms with Crippen LogP contribution in [0.15, 0.2) is 30.3 Å². The number of hydrogen-bond acceptors (Lipinski definition) is 3. The van der Waals surface area contributed by atoms with Gasteiger partial charge in [0.25, 0.3) is 0 Å². The number of carbonyl (C=O) groups is 1. The van der Waals surface area contributed by atoms with Crippen LogP contribution < -0.4 is 0 Å². The van der Waals surface area contributed by atoms with Gasteiger partial charge in [0.05, 0.1) is 12.2 Å². The molecule has 0 saturated heterocycles. The van der Waals surface area contributed by atoms with E-state index in [1.165, 1.54) is 0 Å². The predicted molar refractivity (Wildman–Crippen MR) is 75.2 cm³/mol. The lowest BCUT2D eigenvalue weighted by atomic mass is 10.1. The summed E-state index contributed by atoms with van der Waals surface area (Å²) in [5.74, 6) is -0.0555. The molecule has 1 rings (SSSR count). The SMILES string of the molecule is CC(O)C(CCCBr)OCC(=O)c1ccccc1. The van der Waals surface area contributed by atoms with Gasteiger partial charge in [-0.2, -0.15) is 0 Å². The van der Waals surface area contributed by atoms with Gasteiger partial charge in [-0.25, -0.2) is 0 Å². The maximum Gasteiger partial charge on any atom is 0.188 e. The Morgan fingerprint density at radius 3 is 2.61 bits per heavy atom. The fourth-order valence-electron chi connectivity index (χ4n) is 1.63. The zero-order valence-electron chi connectivity index (χ0n) is 10.5. The predicted octanol–water partition coefficient (Wildman–Crippen LogP) is 2.81. The summed E-state index contributed by atoms with van der Waals surface area (Å²) in [6, 6.07) is 9.05. The molecule has 0 amide bonds. The van der Waals surface area contributed by atoms with E-state index in [1.54, 1.807) is 19.1 Å². The maximum absolute atomic E-state index is 11.8. The quantitative estimate of drug-likeness (QED) is 0.593. The Bertz CT molecular complexity index is 351. The lowest BCUT2D eigenvalue weighted by molar-refractivity contribution is -0.0267. The molecule has 18 heavy (non-hydrogen) atoms. The summed E-state index contributed by atoms with van der Waals surface area (Å²) >= 11 is 3.34. The molecule has 1 N–H and O–H groups in total. The van der Waals surface area contributed by atoms with Crippen LogP contribution in [0, 0.1) is 0 Å². The number of aliphatic hydroxyl groups excluding tert-OH is 1. The van der Waals surface area contributed by atoms with Gasteiger partial charge in [0.1, 0.15) is 6.61 Å². The Kier molecular flexibility index (Phi) is 7.16. The van der Waals surface area contributed by atoms with Gasteiger partial charge in [0, 0.05) is 10.9 Å². The van der Waals surface area contributed by atoms with Crippen molar-refractivity contribution >= 4 is 21.7 Å². The second-order valence-corrected chi connectivity index (χ2v) is 5.00. The first kappa shape index (κ1) is 15.3. The average molecular weight is 315 g/mol. The molecule has 0 fully saturated rings. The van der Waals surface area contributed by atoms with Gasteiger partial charge in [-0.1, -0.05) is 46.3 Å². The number of aliphatic hydroxyl groups is 1. The zero-order valence-corrected chi connectivity index (χ0v) is 12.1. The van der Waals surface area contributed by atoms with Crippen LogP contribution in [0.5, 0.6) is 0 Å². The Morgan fingerprint density at radius 1 is 1.39 bits per heavy atom. The van der Waals surface area contributed by atoms with Crippen LogP contribution in [0.25, 0.3) is 0 Å². The molecule has 0 aliphatic rings. The van der Waals surface area contributed by atoms with Gasteiger partial charge in [0.15, 0.2) is 5.78 Å². The molecular formula is C14H19BrO3. The van der Waals surface area contributed by atoms with Crippen molar-refractivity contribution in [1.82, 2.24) is 0 Å². The fraction of sp³-hybridized carbons (Fsp3) is 0.500. The lowest BCUT2D eigenvalue weighted by Crippen LogP contribution is -2.28. The summed E-state index contributed by atoms with van der Waals surface area (Å²) in [6.07, 6.45) is 0.808. The number of rotatable bonds is 8. The van der Waals surface area contributed by atoms with Crippen molar-refractivity contribution in [2.75, 3.05) is 11.9 Å². The van der Waals surface area contributed by atoms with E-state index < -0.39 is 6.10 Å². The van der Waals surface area contributed by atoms with Crippen LogP contribution in [0.3, 0.4) is 0 Å². The highest BCUT2D eigenvalue weighted by molar-refractivity contribution is 9.09. The molecule has 0 radical (unpaired) electrons. The van der Waals surface area contributed by atoms with Gasteiger partial charge in [-0.3, -0.25) is 4.79 Å². The van der Waals surface area contributed by atoms with Gasteiger partial charge >= 0.3 is 0 Å². The number of halogens is 1. The molecule has 2 unspecified atom stereocenters.